The molecule has 16 heteroatoms. The monoisotopic (exact) mass is 694 g/mol. The van der Waals surface area contributed by atoms with Crippen molar-refractivity contribution in [1.29, 1.82) is 0 Å². The number of nitrogens with two attached hydrogens (primary N) is 1. The van der Waals surface area contributed by atoms with Crippen LogP contribution >= 0.6 is 48.0 Å². The Labute approximate surface area is 274 Å². The van der Waals surface area contributed by atoms with Gasteiger partial charge in [-0.3, -0.25) is 0 Å². The number of hydrogen-bond acceptors (Lipinski definition) is 9. The number of halogens is 4. The quantitative estimate of drug-likeness (QED) is 0.242. The fraction of sp³-hybridized carbons (Fsp3) is 0.593. The Morgan fingerprint density at radius 1 is 0.907 bits per heavy atom. The third kappa shape index (κ3) is 7.21. The fourth-order valence-electron chi connectivity index (χ4n) is 6.29. The SMILES string of the molecule is Cl.Cl.NC1CCC(Nc2nc(NC3CCN(S(=O)(=O)c4cc(Cl)cc(Cl)c4O)CC3)c3ncn(C4CCCC4)c3n2)CC1. The number of imidazole rings is 1. The number of hydrogen-bond donors (Lipinski definition) is 4. The number of rotatable bonds is 7. The Balaban J connectivity index is 0.00000212. The lowest BCUT2D eigenvalue weighted by atomic mass is 9.92. The second-order valence-electron chi connectivity index (χ2n) is 11.5. The van der Waals surface area contributed by atoms with E-state index in [0.717, 1.165) is 49.7 Å². The van der Waals surface area contributed by atoms with Gasteiger partial charge in [-0.25, -0.2) is 13.4 Å². The largest absolute Gasteiger partial charge is 0.505 e. The van der Waals surface area contributed by atoms with Crippen molar-refractivity contribution in [3.63, 3.8) is 0 Å². The van der Waals surface area contributed by atoms with Gasteiger partial charge in [-0.2, -0.15) is 14.3 Å². The average Bonchev–Trinajstić information content (AvgIpc) is 3.63. The Morgan fingerprint density at radius 2 is 1.56 bits per heavy atom. The van der Waals surface area contributed by atoms with Crippen molar-refractivity contribution in [2.45, 2.75) is 93.3 Å². The summed E-state index contributed by atoms with van der Waals surface area (Å²) in [5.74, 6) is 0.744. The van der Waals surface area contributed by atoms with E-state index in [2.05, 4.69) is 15.2 Å². The van der Waals surface area contributed by atoms with Crippen LogP contribution in [0.5, 0.6) is 5.75 Å². The normalized spacial score (nSPS) is 22.2. The molecule has 2 aromatic heterocycles. The second kappa shape index (κ2) is 14.1. The topological polar surface area (TPSA) is 151 Å². The molecule has 0 spiro atoms. The molecule has 238 valence electrons. The van der Waals surface area contributed by atoms with Crippen LogP contribution in [0.4, 0.5) is 11.8 Å². The van der Waals surface area contributed by atoms with Gasteiger partial charge >= 0.3 is 0 Å². The summed E-state index contributed by atoms with van der Waals surface area (Å²) >= 11 is 12.0. The van der Waals surface area contributed by atoms with Crippen molar-refractivity contribution in [1.82, 2.24) is 23.8 Å². The number of nitrogens with one attached hydrogen (secondary N) is 2. The number of anilines is 2. The zero-order valence-corrected chi connectivity index (χ0v) is 27.5. The minimum absolute atomic E-state index is 0. The molecule has 0 amide bonds. The summed E-state index contributed by atoms with van der Waals surface area (Å²) in [5.41, 5.74) is 7.65. The van der Waals surface area contributed by atoms with E-state index in [4.69, 9.17) is 43.9 Å². The van der Waals surface area contributed by atoms with E-state index >= 15 is 0 Å². The molecule has 6 rings (SSSR count). The van der Waals surface area contributed by atoms with E-state index in [9.17, 15) is 13.5 Å². The first-order valence-corrected chi connectivity index (χ1v) is 16.6. The number of fused-ring (bicyclic) bond motifs is 1. The molecule has 11 nitrogen and oxygen atoms in total. The summed E-state index contributed by atoms with van der Waals surface area (Å²) in [6.45, 7) is 0.531. The van der Waals surface area contributed by atoms with Gasteiger partial charge in [-0.1, -0.05) is 36.0 Å². The Kier molecular flexibility index (Phi) is 11.2. The number of sulfonamides is 1. The van der Waals surface area contributed by atoms with Crippen LogP contribution in [0.1, 0.15) is 70.3 Å². The summed E-state index contributed by atoms with van der Waals surface area (Å²) < 4.78 is 30.2. The average molecular weight is 697 g/mol. The maximum absolute atomic E-state index is 13.3. The first-order chi connectivity index (χ1) is 19.7. The van der Waals surface area contributed by atoms with Crippen LogP contribution in [0.25, 0.3) is 11.2 Å². The van der Waals surface area contributed by atoms with Crippen LogP contribution in [0.3, 0.4) is 0 Å². The smallest absolute Gasteiger partial charge is 0.246 e. The van der Waals surface area contributed by atoms with Crippen LogP contribution in [0, 0.1) is 0 Å². The highest BCUT2D eigenvalue weighted by Crippen LogP contribution is 2.37. The highest BCUT2D eigenvalue weighted by molar-refractivity contribution is 7.89. The van der Waals surface area contributed by atoms with Gasteiger partial charge in [0.25, 0.3) is 0 Å². The van der Waals surface area contributed by atoms with E-state index in [1.165, 1.54) is 29.3 Å². The molecule has 0 unspecified atom stereocenters. The lowest BCUT2D eigenvalue weighted by Gasteiger charge is -2.32. The molecule has 1 aromatic carbocycles. The number of nitrogens with zero attached hydrogens (tertiary/aromatic N) is 5. The van der Waals surface area contributed by atoms with E-state index < -0.39 is 15.8 Å². The molecule has 3 aromatic rings. The minimum atomic E-state index is -3.98. The van der Waals surface area contributed by atoms with Crippen LogP contribution in [0.2, 0.25) is 10.0 Å². The third-order valence-electron chi connectivity index (χ3n) is 8.65. The van der Waals surface area contributed by atoms with Crippen molar-refractivity contribution < 1.29 is 13.5 Å². The summed E-state index contributed by atoms with van der Waals surface area (Å²) in [6, 6.07) is 3.44. The van der Waals surface area contributed by atoms with Crippen LogP contribution in [-0.4, -0.2) is 68.6 Å². The van der Waals surface area contributed by atoms with Gasteiger partial charge in [0.1, 0.15) is 4.90 Å². The molecule has 2 saturated carbocycles. The first kappa shape index (κ1) is 34.1. The molecule has 3 aliphatic rings. The van der Waals surface area contributed by atoms with Gasteiger partial charge in [-0.15, -0.1) is 24.8 Å². The molecule has 3 heterocycles. The molecule has 0 radical (unpaired) electrons. The van der Waals surface area contributed by atoms with Crippen LogP contribution in [0.15, 0.2) is 23.4 Å². The molecule has 2 aliphatic carbocycles. The van der Waals surface area contributed by atoms with Crippen molar-refractivity contribution in [3.05, 3.63) is 28.5 Å². The van der Waals surface area contributed by atoms with Crippen molar-refractivity contribution in [2.24, 2.45) is 5.73 Å². The van der Waals surface area contributed by atoms with Gasteiger partial charge < -0.3 is 26.0 Å². The van der Waals surface area contributed by atoms with E-state index in [1.807, 2.05) is 6.33 Å². The molecule has 0 atom stereocenters. The molecule has 0 bridgehead atoms. The van der Waals surface area contributed by atoms with Gasteiger partial charge in [0, 0.05) is 42.3 Å². The van der Waals surface area contributed by atoms with Gasteiger partial charge in [-0.05, 0) is 63.5 Å². The summed E-state index contributed by atoms with van der Waals surface area (Å²) in [7, 11) is -3.98. The molecule has 5 N–H and O–H groups in total. The van der Waals surface area contributed by atoms with E-state index in [1.54, 1.807) is 0 Å². The Hall–Kier alpha value is -1.80. The van der Waals surface area contributed by atoms with E-state index in [0.29, 0.717) is 30.6 Å². The first-order valence-electron chi connectivity index (χ1n) is 14.4. The predicted octanol–water partition coefficient (Wildman–Crippen LogP) is 5.74. The van der Waals surface area contributed by atoms with Crippen LogP contribution < -0.4 is 16.4 Å². The molecular weight excluding hydrogens is 658 g/mol. The van der Waals surface area contributed by atoms with Crippen molar-refractivity contribution in [3.8, 4) is 5.75 Å². The number of piperidine rings is 1. The Morgan fingerprint density at radius 3 is 2.23 bits per heavy atom. The number of benzene rings is 1. The lowest BCUT2D eigenvalue weighted by molar-refractivity contribution is 0.328. The van der Waals surface area contributed by atoms with Gasteiger partial charge in [0.2, 0.25) is 16.0 Å². The molecule has 3 fully saturated rings. The van der Waals surface area contributed by atoms with E-state index in [-0.39, 0.29) is 71.0 Å². The van der Waals surface area contributed by atoms with Crippen molar-refractivity contribution in [2.75, 3.05) is 23.7 Å². The van der Waals surface area contributed by atoms with Gasteiger partial charge in [0.05, 0.1) is 11.3 Å². The molecule has 43 heavy (non-hydrogen) atoms. The van der Waals surface area contributed by atoms with Gasteiger partial charge in [0.15, 0.2) is 22.7 Å². The summed E-state index contributed by atoms with van der Waals surface area (Å²) in [4.78, 5) is 14.2. The number of aromatic hydroxyl groups is 1. The number of phenolic OH excluding ortho intramolecular Hbond substituents is 1. The third-order valence-corrected chi connectivity index (χ3v) is 11.1. The second-order valence-corrected chi connectivity index (χ2v) is 14.2. The predicted molar refractivity (Wildman–Crippen MR) is 175 cm³/mol. The zero-order valence-electron chi connectivity index (χ0n) is 23.6. The Bertz CT molecular complexity index is 1520. The molecular formula is C27H38Cl4N8O3S. The summed E-state index contributed by atoms with van der Waals surface area (Å²) in [6.07, 6.45) is 11.5. The minimum Gasteiger partial charge on any atom is -0.505 e. The fourth-order valence-corrected chi connectivity index (χ4v) is 8.50. The zero-order chi connectivity index (χ0) is 28.7. The molecule has 1 aliphatic heterocycles. The highest BCUT2D eigenvalue weighted by Gasteiger charge is 2.33. The lowest BCUT2D eigenvalue weighted by Crippen LogP contribution is -2.42. The highest BCUT2D eigenvalue weighted by atomic mass is 35.5. The summed E-state index contributed by atoms with van der Waals surface area (Å²) in [5, 5.41) is 17.5. The standard InChI is InChI=1S/C27H36Cl2N8O3S.2ClH/c28-16-13-21(29)24(38)22(14-16)41(39,40)36-11-9-19(10-12-36)32-25-23-26(37(15-31-23)20-3-1-2-4-20)35-27(34-25)33-18-7-5-17(30)6-8-18;;/h13-15,17-20,38H,1-12,30H2,(H2,32,33,34,35);2*1H. The maximum atomic E-state index is 13.3. The van der Waals surface area contributed by atoms with Crippen molar-refractivity contribution >= 4 is 81.0 Å². The molecule has 1 saturated heterocycles. The maximum Gasteiger partial charge on any atom is 0.246 e. The number of phenols is 1. The van der Waals surface area contributed by atoms with Crippen LogP contribution in [-0.2, 0) is 10.0 Å². The number of aromatic nitrogens is 4.